The Morgan fingerprint density at radius 1 is 0.875 bits per heavy atom. The SMILES string of the molecule is [I-].[I-].[Mg+2].c1ccoc1. The minimum absolute atomic E-state index is 0. The maximum Gasteiger partial charge on any atom is 2.00 e. The number of hydrogen-bond acceptors (Lipinski definition) is 1. The van der Waals surface area contributed by atoms with Crippen LogP contribution in [-0.4, -0.2) is 23.1 Å². The molecule has 0 aliphatic rings. The number of furan rings is 1. The van der Waals surface area contributed by atoms with Crippen molar-refractivity contribution in [1.82, 2.24) is 0 Å². The Balaban J connectivity index is -0.0000000833. The number of halogens is 2. The zero-order chi connectivity index (χ0) is 3.54. The van der Waals surface area contributed by atoms with Crippen LogP contribution in [0.1, 0.15) is 0 Å². The van der Waals surface area contributed by atoms with E-state index in [4.69, 9.17) is 0 Å². The largest absolute Gasteiger partial charge is 2.00 e. The normalized spacial score (nSPS) is 5.00. The van der Waals surface area contributed by atoms with Gasteiger partial charge in [-0.3, -0.25) is 0 Å². The molecular weight excluding hydrogens is 342 g/mol. The minimum Gasteiger partial charge on any atom is -1.00 e. The van der Waals surface area contributed by atoms with Gasteiger partial charge < -0.3 is 52.4 Å². The van der Waals surface area contributed by atoms with Gasteiger partial charge in [-0.05, 0) is 12.1 Å². The van der Waals surface area contributed by atoms with E-state index in [-0.39, 0.29) is 71.0 Å². The van der Waals surface area contributed by atoms with Crippen LogP contribution in [0.15, 0.2) is 29.1 Å². The van der Waals surface area contributed by atoms with E-state index in [2.05, 4.69) is 4.42 Å². The molecule has 1 aromatic heterocycles. The Morgan fingerprint density at radius 2 is 1.25 bits per heavy atom. The van der Waals surface area contributed by atoms with Gasteiger partial charge in [0.05, 0.1) is 12.5 Å². The maximum absolute atomic E-state index is 4.58. The summed E-state index contributed by atoms with van der Waals surface area (Å²) in [5.41, 5.74) is 0. The van der Waals surface area contributed by atoms with E-state index in [1.54, 1.807) is 12.5 Å². The average molecular weight is 346 g/mol. The quantitative estimate of drug-likeness (QED) is 0.339. The molecule has 0 spiro atoms. The summed E-state index contributed by atoms with van der Waals surface area (Å²) in [5, 5.41) is 0. The Hall–Kier alpha value is 1.51. The summed E-state index contributed by atoms with van der Waals surface area (Å²) < 4.78 is 4.58. The molecule has 42 valence electrons. The fourth-order valence-electron chi connectivity index (χ4n) is 0.227. The molecule has 0 aromatic carbocycles. The second-order valence-corrected chi connectivity index (χ2v) is 0.793. The second-order valence-electron chi connectivity index (χ2n) is 0.793. The standard InChI is InChI=1S/C4H4O.2HI.Mg/c1-2-4-5-3-1;;;/h1-4H;2*1H;/q;;;+2/p-2. The molecular formula is C4H4I2MgO. The molecule has 8 heavy (non-hydrogen) atoms. The summed E-state index contributed by atoms with van der Waals surface area (Å²) >= 11 is 0. The van der Waals surface area contributed by atoms with Crippen LogP contribution in [0.4, 0.5) is 0 Å². The molecule has 0 N–H and O–H groups in total. The molecule has 0 aliphatic heterocycles. The third kappa shape index (κ3) is 7.51. The van der Waals surface area contributed by atoms with Crippen molar-refractivity contribution in [2.75, 3.05) is 0 Å². The molecule has 0 radical (unpaired) electrons. The zero-order valence-electron chi connectivity index (χ0n) is 4.18. The van der Waals surface area contributed by atoms with Crippen LogP contribution < -0.4 is 48.0 Å². The molecule has 0 saturated carbocycles. The Kier molecular flexibility index (Phi) is 23.0. The van der Waals surface area contributed by atoms with Crippen molar-refractivity contribution >= 4 is 23.1 Å². The van der Waals surface area contributed by atoms with Crippen LogP contribution in [0.5, 0.6) is 0 Å². The molecule has 0 saturated heterocycles. The van der Waals surface area contributed by atoms with E-state index >= 15 is 0 Å². The maximum atomic E-state index is 4.58. The second kappa shape index (κ2) is 11.3. The molecule has 0 bridgehead atoms. The summed E-state index contributed by atoms with van der Waals surface area (Å²) in [7, 11) is 0. The first kappa shape index (κ1) is 16.2. The van der Waals surface area contributed by atoms with E-state index in [1.165, 1.54) is 0 Å². The zero-order valence-corrected chi connectivity index (χ0v) is 9.91. The molecule has 1 heterocycles. The fourth-order valence-corrected chi connectivity index (χ4v) is 0.227. The van der Waals surface area contributed by atoms with Crippen LogP contribution in [0, 0.1) is 0 Å². The van der Waals surface area contributed by atoms with E-state index in [1.807, 2.05) is 12.1 Å². The van der Waals surface area contributed by atoms with Crippen molar-refractivity contribution in [3.63, 3.8) is 0 Å². The first-order chi connectivity index (χ1) is 2.50. The third-order valence-electron chi connectivity index (χ3n) is 0.425. The van der Waals surface area contributed by atoms with Crippen molar-refractivity contribution < 1.29 is 52.4 Å². The van der Waals surface area contributed by atoms with Gasteiger partial charge in [-0.25, -0.2) is 0 Å². The van der Waals surface area contributed by atoms with E-state index in [0.717, 1.165) is 0 Å². The van der Waals surface area contributed by atoms with Crippen LogP contribution in [0.3, 0.4) is 0 Å². The first-order valence-corrected chi connectivity index (χ1v) is 1.47. The van der Waals surface area contributed by atoms with Gasteiger partial charge in [-0.1, -0.05) is 0 Å². The molecule has 0 aliphatic carbocycles. The van der Waals surface area contributed by atoms with Crippen molar-refractivity contribution in [1.29, 1.82) is 0 Å². The molecule has 1 rings (SSSR count). The van der Waals surface area contributed by atoms with Gasteiger partial charge in [0.1, 0.15) is 0 Å². The number of hydrogen-bond donors (Lipinski definition) is 0. The number of rotatable bonds is 0. The first-order valence-electron chi connectivity index (χ1n) is 1.47. The summed E-state index contributed by atoms with van der Waals surface area (Å²) in [6, 6.07) is 3.67. The van der Waals surface area contributed by atoms with Crippen LogP contribution >= 0.6 is 0 Å². The fraction of sp³-hybridized carbons (Fsp3) is 0. The molecule has 0 amide bonds. The van der Waals surface area contributed by atoms with E-state index in [9.17, 15) is 0 Å². The predicted octanol–water partition coefficient (Wildman–Crippen LogP) is -5.09. The summed E-state index contributed by atoms with van der Waals surface area (Å²) in [5.74, 6) is 0. The van der Waals surface area contributed by atoms with Crippen molar-refractivity contribution in [2.45, 2.75) is 0 Å². The van der Waals surface area contributed by atoms with Gasteiger partial charge in [-0.2, -0.15) is 0 Å². The van der Waals surface area contributed by atoms with Gasteiger partial charge in [0.25, 0.3) is 0 Å². The minimum atomic E-state index is 0. The molecule has 1 nitrogen and oxygen atoms in total. The van der Waals surface area contributed by atoms with Gasteiger partial charge in [0.2, 0.25) is 0 Å². The Labute approximate surface area is 98.8 Å². The topological polar surface area (TPSA) is 13.1 Å². The molecule has 0 unspecified atom stereocenters. The Morgan fingerprint density at radius 3 is 1.38 bits per heavy atom. The molecule has 0 fully saturated rings. The summed E-state index contributed by atoms with van der Waals surface area (Å²) in [6.45, 7) is 0. The van der Waals surface area contributed by atoms with Crippen molar-refractivity contribution in [2.24, 2.45) is 0 Å². The molecule has 0 atom stereocenters. The van der Waals surface area contributed by atoms with Gasteiger partial charge in [-0.15, -0.1) is 0 Å². The summed E-state index contributed by atoms with van der Waals surface area (Å²) in [4.78, 5) is 0. The van der Waals surface area contributed by atoms with Crippen LogP contribution in [-0.2, 0) is 0 Å². The van der Waals surface area contributed by atoms with Crippen molar-refractivity contribution in [3.05, 3.63) is 24.7 Å². The Bertz CT molecular complexity index is 70.5. The summed E-state index contributed by atoms with van der Waals surface area (Å²) in [6.07, 6.45) is 3.25. The van der Waals surface area contributed by atoms with Crippen LogP contribution in [0.2, 0.25) is 0 Å². The molecule has 4 heteroatoms. The van der Waals surface area contributed by atoms with Crippen molar-refractivity contribution in [3.8, 4) is 0 Å². The van der Waals surface area contributed by atoms with Gasteiger partial charge in [0.15, 0.2) is 0 Å². The van der Waals surface area contributed by atoms with E-state index in [0.29, 0.717) is 0 Å². The monoisotopic (exact) mass is 346 g/mol. The third-order valence-corrected chi connectivity index (χ3v) is 0.425. The predicted molar refractivity (Wildman–Crippen MR) is 24.5 cm³/mol. The molecule has 1 aromatic rings. The van der Waals surface area contributed by atoms with Gasteiger partial charge >= 0.3 is 23.1 Å². The van der Waals surface area contributed by atoms with Gasteiger partial charge in [0, 0.05) is 0 Å². The van der Waals surface area contributed by atoms with Crippen LogP contribution in [0.25, 0.3) is 0 Å². The smallest absolute Gasteiger partial charge is 1.00 e. The van der Waals surface area contributed by atoms with E-state index < -0.39 is 0 Å². The average Bonchev–Trinajstić information content (AvgIpc) is 1.76.